The Morgan fingerprint density at radius 3 is 3.00 bits per heavy atom. The molecule has 1 aromatic carbocycles. The molecule has 2 aromatic rings. The Labute approximate surface area is 118 Å². The maximum Gasteiger partial charge on any atom is 0.0969 e. The number of hydrogen-bond acceptors (Lipinski definition) is 4. The van der Waals surface area contributed by atoms with Crippen LogP contribution >= 0.6 is 0 Å². The molecule has 3 rings (SSSR count). The van der Waals surface area contributed by atoms with Crippen molar-refractivity contribution in [1.29, 1.82) is 0 Å². The van der Waals surface area contributed by atoms with Crippen molar-refractivity contribution in [1.82, 2.24) is 20.3 Å². The summed E-state index contributed by atoms with van der Waals surface area (Å²) in [5.41, 5.74) is 1.94. The molecule has 1 aromatic heterocycles. The lowest BCUT2D eigenvalue weighted by Crippen LogP contribution is -2.20. The molecule has 106 valence electrons. The lowest BCUT2D eigenvalue weighted by Gasteiger charge is -2.08. The third-order valence-electron chi connectivity index (χ3n) is 3.50. The van der Waals surface area contributed by atoms with Crippen LogP contribution in [-0.4, -0.2) is 34.2 Å². The minimum atomic E-state index is 0.447. The van der Waals surface area contributed by atoms with Crippen LogP contribution < -0.4 is 5.32 Å². The topological polar surface area (TPSA) is 52.0 Å². The zero-order valence-corrected chi connectivity index (χ0v) is 11.5. The molecule has 1 aliphatic heterocycles. The largest absolute Gasteiger partial charge is 0.378 e. The fourth-order valence-corrected chi connectivity index (χ4v) is 2.41. The van der Waals surface area contributed by atoms with Crippen LogP contribution in [0.5, 0.6) is 0 Å². The highest BCUT2D eigenvalue weighted by atomic mass is 16.5. The third kappa shape index (κ3) is 3.43. The average molecular weight is 272 g/mol. The van der Waals surface area contributed by atoms with Crippen molar-refractivity contribution in [3.8, 4) is 5.69 Å². The van der Waals surface area contributed by atoms with Gasteiger partial charge in [0.15, 0.2) is 0 Å². The Bertz CT molecular complexity index is 520. The second-order valence-electron chi connectivity index (χ2n) is 5.06. The molecule has 0 spiro atoms. The Morgan fingerprint density at radius 2 is 2.20 bits per heavy atom. The van der Waals surface area contributed by atoms with Gasteiger partial charge in [-0.05, 0) is 37.9 Å². The molecule has 5 nitrogen and oxygen atoms in total. The summed E-state index contributed by atoms with van der Waals surface area (Å²) in [5, 5.41) is 12.1. The molecule has 1 fully saturated rings. The monoisotopic (exact) mass is 272 g/mol. The summed E-state index contributed by atoms with van der Waals surface area (Å²) in [6.45, 7) is 2.64. The van der Waals surface area contributed by atoms with E-state index in [2.05, 4.69) is 15.5 Å². The van der Waals surface area contributed by atoms with Crippen LogP contribution in [0.3, 0.4) is 0 Å². The van der Waals surface area contributed by atoms with Crippen molar-refractivity contribution < 1.29 is 4.74 Å². The number of nitrogens with zero attached hydrogens (tertiary/aromatic N) is 3. The molecule has 1 saturated heterocycles. The smallest absolute Gasteiger partial charge is 0.0969 e. The number of aromatic nitrogens is 3. The first kappa shape index (κ1) is 13.3. The first-order valence-corrected chi connectivity index (χ1v) is 7.21. The van der Waals surface area contributed by atoms with Crippen LogP contribution in [0, 0.1) is 0 Å². The molecule has 20 heavy (non-hydrogen) atoms. The van der Waals surface area contributed by atoms with E-state index in [0.29, 0.717) is 6.10 Å². The highest BCUT2D eigenvalue weighted by molar-refractivity contribution is 5.28. The van der Waals surface area contributed by atoms with Gasteiger partial charge in [0, 0.05) is 13.2 Å². The van der Waals surface area contributed by atoms with E-state index in [1.54, 1.807) is 4.80 Å². The molecular weight excluding hydrogens is 252 g/mol. The molecule has 1 aliphatic rings. The van der Waals surface area contributed by atoms with E-state index in [0.717, 1.165) is 37.5 Å². The fraction of sp³-hybridized carbons (Fsp3) is 0.467. The number of hydrogen-bond donors (Lipinski definition) is 1. The Balaban J connectivity index is 1.45. The van der Waals surface area contributed by atoms with Crippen molar-refractivity contribution in [3.05, 3.63) is 42.2 Å². The van der Waals surface area contributed by atoms with Crippen LogP contribution in [0.15, 0.2) is 36.5 Å². The van der Waals surface area contributed by atoms with Gasteiger partial charge in [-0.2, -0.15) is 15.0 Å². The molecule has 0 amide bonds. The van der Waals surface area contributed by atoms with E-state index in [1.807, 2.05) is 36.5 Å². The van der Waals surface area contributed by atoms with Crippen molar-refractivity contribution in [2.75, 3.05) is 13.2 Å². The number of benzene rings is 1. The van der Waals surface area contributed by atoms with Gasteiger partial charge < -0.3 is 10.1 Å². The van der Waals surface area contributed by atoms with Crippen molar-refractivity contribution >= 4 is 0 Å². The van der Waals surface area contributed by atoms with Crippen LogP contribution in [0.4, 0.5) is 0 Å². The van der Waals surface area contributed by atoms with Gasteiger partial charge in [0.2, 0.25) is 0 Å². The molecule has 1 atom stereocenters. The van der Waals surface area contributed by atoms with Gasteiger partial charge in [-0.1, -0.05) is 18.2 Å². The Kier molecular flexibility index (Phi) is 4.40. The van der Waals surface area contributed by atoms with Crippen molar-refractivity contribution in [2.24, 2.45) is 0 Å². The zero-order chi connectivity index (χ0) is 13.6. The van der Waals surface area contributed by atoms with Crippen molar-refractivity contribution in [3.63, 3.8) is 0 Å². The van der Waals surface area contributed by atoms with E-state index in [1.165, 1.54) is 12.8 Å². The third-order valence-corrected chi connectivity index (χ3v) is 3.50. The van der Waals surface area contributed by atoms with E-state index in [9.17, 15) is 0 Å². The normalized spacial score (nSPS) is 18.5. The minimum absolute atomic E-state index is 0.447. The maximum absolute atomic E-state index is 5.60. The molecule has 0 bridgehead atoms. The van der Waals surface area contributed by atoms with Crippen LogP contribution in [0.1, 0.15) is 25.0 Å². The summed E-state index contributed by atoms with van der Waals surface area (Å²) in [4.78, 5) is 1.66. The van der Waals surface area contributed by atoms with Crippen LogP contribution in [0.25, 0.3) is 5.69 Å². The van der Waals surface area contributed by atoms with E-state index in [-0.39, 0.29) is 0 Å². The minimum Gasteiger partial charge on any atom is -0.378 e. The number of ether oxygens (including phenoxy) is 1. The first-order valence-electron chi connectivity index (χ1n) is 7.21. The van der Waals surface area contributed by atoms with Crippen molar-refractivity contribution in [2.45, 2.75) is 31.9 Å². The molecule has 0 aliphatic carbocycles. The molecule has 2 heterocycles. The predicted molar refractivity (Wildman–Crippen MR) is 76.7 cm³/mol. The lowest BCUT2D eigenvalue weighted by molar-refractivity contribution is 0.104. The highest BCUT2D eigenvalue weighted by Crippen LogP contribution is 2.14. The molecular formula is C15H20N4O. The average Bonchev–Trinajstić information content (AvgIpc) is 3.16. The molecule has 5 heteroatoms. The highest BCUT2D eigenvalue weighted by Gasteiger charge is 2.14. The summed E-state index contributed by atoms with van der Waals surface area (Å²) in [5.74, 6) is 0. The molecule has 0 radical (unpaired) electrons. The van der Waals surface area contributed by atoms with Gasteiger partial charge in [0.1, 0.15) is 0 Å². The summed E-state index contributed by atoms with van der Waals surface area (Å²) < 4.78 is 5.60. The maximum atomic E-state index is 5.60. The first-order chi connectivity index (χ1) is 9.92. The number of nitrogens with one attached hydrogen (secondary N) is 1. The Hall–Kier alpha value is -1.72. The van der Waals surface area contributed by atoms with Crippen LogP contribution in [0.2, 0.25) is 0 Å². The number of rotatable bonds is 6. The van der Waals surface area contributed by atoms with Gasteiger partial charge in [-0.25, -0.2) is 0 Å². The summed E-state index contributed by atoms with van der Waals surface area (Å²) in [6.07, 6.45) is 5.74. The van der Waals surface area contributed by atoms with Gasteiger partial charge in [-0.15, -0.1) is 0 Å². The standard InChI is InChI=1S/C15H20N4O/c1-2-5-14(6-3-1)19-17-12-13(18-19)11-16-9-8-15-7-4-10-20-15/h1-3,5-6,12,15-16H,4,7-11H2. The van der Waals surface area contributed by atoms with Gasteiger partial charge in [-0.3, -0.25) is 0 Å². The fourth-order valence-electron chi connectivity index (χ4n) is 2.41. The number of para-hydroxylation sites is 1. The summed E-state index contributed by atoms with van der Waals surface area (Å²) in [6, 6.07) is 9.94. The lowest BCUT2D eigenvalue weighted by atomic mass is 10.2. The van der Waals surface area contributed by atoms with Gasteiger partial charge in [0.25, 0.3) is 0 Å². The summed E-state index contributed by atoms with van der Waals surface area (Å²) in [7, 11) is 0. The van der Waals surface area contributed by atoms with E-state index in [4.69, 9.17) is 4.74 Å². The summed E-state index contributed by atoms with van der Waals surface area (Å²) >= 11 is 0. The second kappa shape index (κ2) is 6.63. The van der Waals surface area contributed by atoms with E-state index < -0.39 is 0 Å². The second-order valence-corrected chi connectivity index (χ2v) is 5.06. The van der Waals surface area contributed by atoms with Gasteiger partial charge >= 0.3 is 0 Å². The predicted octanol–water partition coefficient (Wildman–Crippen LogP) is 1.93. The SMILES string of the molecule is c1ccc(-n2ncc(CNCCC3CCCO3)n2)cc1. The molecule has 0 saturated carbocycles. The van der Waals surface area contributed by atoms with Gasteiger partial charge in [0.05, 0.1) is 23.7 Å². The molecule has 1 unspecified atom stereocenters. The quantitative estimate of drug-likeness (QED) is 0.816. The van der Waals surface area contributed by atoms with Crippen LogP contribution in [-0.2, 0) is 11.3 Å². The molecule has 1 N–H and O–H groups in total. The zero-order valence-electron chi connectivity index (χ0n) is 11.5. The Morgan fingerprint density at radius 1 is 1.30 bits per heavy atom. The van der Waals surface area contributed by atoms with E-state index >= 15 is 0 Å².